The Morgan fingerprint density at radius 3 is 2.62 bits per heavy atom. The fourth-order valence-electron chi connectivity index (χ4n) is 2.87. The van der Waals surface area contributed by atoms with Gasteiger partial charge in [-0.15, -0.1) is 12.4 Å². The Bertz CT molecular complexity index is 529. The number of anilines is 1. The third-order valence-corrected chi connectivity index (χ3v) is 3.99. The van der Waals surface area contributed by atoms with Gasteiger partial charge in [-0.2, -0.15) is 0 Å². The lowest BCUT2D eigenvalue weighted by Gasteiger charge is -2.30. The molecule has 6 heteroatoms. The van der Waals surface area contributed by atoms with E-state index in [-0.39, 0.29) is 30.1 Å². The number of hydrogen-bond acceptors (Lipinski definition) is 4. The van der Waals surface area contributed by atoms with Crippen LogP contribution in [0.15, 0.2) is 24.3 Å². The van der Waals surface area contributed by atoms with E-state index < -0.39 is 0 Å². The highest BCUT2D eigenvalue weighted by Crippen LogP contribution is 2.28. The highest BCUT2D eigenvalue weighted by atomic mass is 35.5. The molecule has 1 unspecified atom stereocenters. The lowest BCUT2D eigenvalue weighted by atomic mass is 9.90. The summed E-state index contributed by atoms with van der Waals surface area (Å²) in [7, 11) is 0. The number of halogens is 1. The minimum absolute atomic E-state index is 0. The van der Waals surface area contributed by atoms with Gasteiger partial charge in [-0.1, -0.05) is 12.1 Å². The summed E-state index contributed by atoms with van der Waals surface area (Å²) >= 11 is 0. The van der Waals surface area contributed by atoms with E-state index in [1.54, 1.807) is 0 Å². The van der Waals surface area contributed by atoms with Gasteiger partial charge < -0.3 is 10.2 Å². The number of amides is 2. The highest BCUT2D eigenvalue weighted by molar-refractivity contribution is 6.01. The molecular weight excluding hydrogens is 290 g/mol. The quantitative estimate of drug-likeness (QED) is 0.801. The molecule has 2 aliphatic rings. The summed E-state index contributed by atoms with van der Waals surface area (Å²) in [6.45, 7) is 3.95. The molecule has 2 amide bonds. The molecule has 0 aromatic heterocycles. The number of hydrogen-bond donors (Lipinski definition) is 2. The van der Waals surface area contributed by atoms with Crippen molar-refractivity contribution in [2.45, 2.75) is 18.8 Å². The summed E-state index contributed by atoms with van der Waals surface area (Å²) in [5, 5.41) is 5.76. The number of piperidine rings is 1. The summed E-state index contributed by atoms with van der Waals surface area (Å²) in [5.74, 6) is -0.529. The van der Waals surface area contributed by atoms with Crippen LogP contribution in [0.25, 0.3) is 0 Å². The van der Waals surface area contributed by atoms with Crippen molar-refractivity contribution in [3.05, 3.63) is 29.8 Å². The van der Waals surface area contributed by atoms with Crippen molar-refractivity contribution in [2.75, 3.05) is 31.1 Å². The molecule has 0 spiro atoms. The Labute approximate surface area is 130 Å². The van der Waals surface area contributed by atoms with Crippen LogP contribution in [-0.4, -0.2) is 38.0 Å². The first kappa shape index (κ1) is 15.8. The van der Waals surface area contributed by atoms with Crippen LogP contribution in [0.3, 0.4) is 0 Å². The van der Waals surface area contributed by atoms with Crippen LogP contribution < -0.4 is 15.5 Å². The van der Waals surface area contributed by atoms with Gasteiger partial charge in [0.15, 0.2) is 0 Å². The van der Waals surface area contributed by atoms with Crippen molar-refractivity contribution in [3.8, 4) is 0 Å². The molecule has 3 rings (SSSR count). The average Bonchev–Trinajstić information content (AvgIpc) is 2.48. The fourth-order valence-corrected chi connectivity index (χ4v) is 2.87. The lowest BCUT2D eigenvalue weighted by molar-refractivity contribution is -0.134. The Hall–Kier alpha value is -1.59. The smallest absolute Gasteiger partial charge is 0.234 e. The number of nitrogens with one attached hydrogen (secondary N) is 2. The molecule has 2 saturated heterocycles. The van der Waals surface area contributed by atoms with E-state index in [2.05, 4.69) is 27.7 Å². The van der Waals surface area contributed by atoms with E-state index in [1.165, 1.54) is 0 Å². The molecule has 2 N–H and O–H groups in total. The second-order valence-electron chi connectivity index (χ2n) is 5.34. The first-order valence-electron chi connectivity index (χ1n) is 7.13. The summed E-state index contributed by atoms with van der Waals surface area (Å²) in [6.07, 6.45) is 1.03. The predicted octanol–water partition coefficient (Wildman–Crippen LogP) is 1.04. The molecule has 0 aliphatic carbocycles. The van der Waals surface area contributed by atoms with Gasteiger partial charge in [0.25, 0.3) is 0 Å². The topological polar surface area (TPSA) is 61.4 Å². The van der Waals surface area contributed by atoms with E-state index in [9.17, 15) is 9.59 Å². The van der Waals surface area contributed by atoms with Crippen molar-refractivity contribution >= 4 is 29.9 Å². The van der Waals surface area contributed by atoms with E-state index in [0.717, 1.165) is 37.4 Å². The third kappa shape index (κ3) is 3.54. The van der Waals surface area contributed by atoms with E-state index >= 15 is 0 Å². The van der Waals surface area contributed by atoms with Crippen LogP contribution in [0.4, 0.5) is 5.69 Å². The molecule has 2 fully saturated rings. The van der Waals surface area contributed by atoms with E-state index in [0.29, 0.717) is 12.8 Å². The SMILES string of the molecule is Cl.O=C1CCC(c2cccc(N3CCNCC3)c2)C(=O)N1. The fraction of sp³-hybridized carbons (Fsp3) is 0.467. The number of benzene rings is 1. The van der Waals surface area contributed by atoms with Crippen LogP contribution >= 0.6 is 12.4 Å². The van der Waals surface area contributed by atoms with Crippen LogP contribution in [0.2, 0.25) is 0 Å². The molecule has 1 atom stereocenters. The van der Waals surface area contributed by atoms with Crippen molar-refractivity contribution in [3.63, 3.8) is 0 Å². The molecule has 2 heterocycles. The maximum atomic E-state index is 11.9. The van der Waals surface area contributed by atoms with Crippen molar-refractivity contribution in [2.24, 2.45) is 0 Å². The molecule has 0 saturated carbocycles. The summed E-state index contributed by atoms with van der Waals surface area (Å²) in [6, 6.07) is 8.15. The van der Waals surface area contributed by atoms with Crippen LogP contribution in [0, 0.1) is 0 Å². The van der Waals surface area contributed by atoms with Gasteiger partial charge in [0, 0.05) is 38.3 Å². The van der Waals surface area contributed by atoms with Gasteiger partial charge in [-0.25, -0.2) is 0 Å². The molecule has 1 aromatic rings. The monoisotopic (exact) mass is 309 g/mol. The Kier molecular flexibility index (Phi) is 5.20. The summed E-state index contributed by atoms with van der Waals surface area (Å²) in [4.78, 5) is 25.5. The standard InChI is InChI=1S/C15H19N3O2.ClH/c19-14-5-4-13(15(20)17-14)11-2-1-3-12(10-11)18-8-6-16-7-9-18;/h1-3,10,13,16H,4-9H2,(H,17,19,20);1H. The lowest BCUT2D eigenvalue weighted by Crippen LogP contribution is -2.43. The van der Waals surface area contributed by atoms with Crippen molar-refractivity contribution in [1.82, 2.24) is 10.6 Å². The van der Waals surface area contributed by atoms with Gasteiger partial charge in [-0.05, 0) is 24.1 Å². The molecular formula is C15H20ClN3O2. The summed E-state index contributed by atoms with van der Waals surface area (Å²) < 4.78 is 0. The highest BCUT2D eigenvalue weighted by Gasteiger charge is 2.28. The van der Waals surface area contributed by atoms with Gasteiger partial charge >= 0.3 is 0 Å². The predicted molar refractivity (Wildman–Crippen MR) is 83.9 cm³/mol. The Morgan fingerprint density at radius 1 is 1.14 bits per heavy atom. The van der Waals surface area contributed by atoms with Crippen LogP contribution in [0.1, 0.15) is 24.3 Å². The van der Waals surface area contributed by atoms with Crippen LogP contribution in [0.5, 0.6) is 0 Å². The molecule has 21 heavy (non-hydrogen) atoms. The zero-order valence-corrected chi connectivity index (χ0v) is 12.6. The van der Waals surface area contributed by atoms with Gasteiger partial charge in [0.2, 0.25) is 11.8 Å². The zero-order chi connectivity index (χ0) is 13.9. The van der Waals surface area contributed by atoms with Crippen molar-refractivity contribution in [1.29, 1.82) is 0 Å². The minimum atomic E-state index is -0.199. The molecule has 2 aliphatic heterocycles. The third-order valence-electron chi connectivity index (χ3n) is 3.99. The molecule has 114 valence electrons. The number of nitrogens with zero attached hydrogens (tertiary/aromatic N) is 1. The van der Waals surface area contributed by atoms with Crippen molar-refractivity contribution < 1.29 is 9.59 Å². The average molecular weight is 310 g/mol. The minimum Gasteiger partial charge on any atom is -0.369 e. The second kappa shape index (κ2) is 6.91. The molecule has 5 nitrogen and oxygen atoms in total. The maximum absolute atomic E-state index is 11.9. The van der Waals surface area contributed by atoms with Gasteiger partial charge in [0.05, 0.1) is 5.92 Å². The van der Waals surface area contributed by atoms with Crippen LogP contribution in [-0.2, 0) is 9.59 Å². The second-order valence-corrected chi connectivity index (χ2v) is 5.34. The Morgan fingerprint density at radius 2 is 1.90 bits per heavy atom. The molecule has 0 radical (unpaired) electrons. The molecule has 0 bridgehead atoms. The molecule has 1 aromatic carbocycles. The van der Waals surface area contributed by atoms with E-state index in [4.69, 9.17) is 0 Å². The first-order chi connectivity index (χ1) is 9.74. The first-order valence-corrected chi connectivity index (χ1v) is 7.13. The normalized spacial score (nSPS) is 22.5. The number of rotatable bonds is 2. The van der Waals surface area contributed by atoms with Gasteiger partial charge in [-0.3, -0.25) is 14.9 Å². The number of carbonyl (C=O) groups excluding carboxylic acids is 2. The summed E-state index contributed by atoms with van der Waals surface area (Å²) in [5.41, 5.74) is 2.17. The van der Waals surface area contributed by atoms with Gasteiger partial charge in [0.1, 0.15) is 0 Å². The number of piperazine rings is 1. The zero-order valence-electron chi connectivity index (χ0n) is 11.8. The number of imide groups is 1. The number of carbonyl (C=O) groups is 2. The maximum Gasteiger partial charge on any atom is 0.234 e. The van der Waals surface area contributed by atoms with E-state index in [1.807, 2.05) is 12.1 Å². The largest absolute Gasteiger partial charge is 0.369 e. The Balaban J connectivity index is 0.00000161.